The van der Waals surface area contributed by atoms with Crippen molar-refractivity contribution in [1.82, 2.24) is 9.97 Å². The molecule has 0 spiro atoms. The molecule has 94 valence electrons. The lowest BCUT2D eigenvalue weighted by Crippen LogP contribution is -1.96. The highest BCUT2D eigenvalue weighted by Gasteiger charge is 2.04. The average Bonchev–Trinajstić information content (AvgIpc) is 2.41. The van der Waals surface area contributed by atoms with Gasteiger partial charge in [0.25, 0.3) is 0 Å². The zero-order valence-electron chi connectivity index (χ0n) is 9.84. The van der Waals surface area contributed by atoms with E-state index >= 15 is 0 Å². The highest BCUT2D eigenvalue weighted by Crippen LogP contribution is 2.21. The molecule has 0 atom stereocenters. The van der Waals surface area contributed by atoms with Crippen LogP contribution in [0.15, 0.2) is 48.7 Å². The van der Waals surface area contributed by atoms with E-state index in [1.165, 1.54) is 12.1 Å². The minimum atomic E-state index is -0.353. The Morgan fingerprint density at radius 2 is 1.95 bits per heavy atom. The van der Waals surface area contributed by atoms with Gasteiger partial charge < -0.3 is 10.4 Å². The highest BCUT2D eigenvalue weighted by atomic mass is 19.1. The monoisotopic (exact) mass is 255 g/mol. The first kappa shape index (κ1) is 11.4. The van der Waals surface area contributed by atoms with Gasteiger partial charge in [0.15, 0.2) is 0 Å². The van der Waals surface area contributed by atoms with Gasteiger partial charge in [-0.05, 0) is 18.2 Å². The number of fused-ring (bicyclic) bond motifs is 1. The molecule has 0 unspecified atom stereocenters. The van der Waals surface area contributed by atoms with Crippen LogP contribution in [0.2, 0.25) is 0 Å². The van der Waals surface area contributed by atoms with Crippen molar-refractivity contribution in [3.63, 3.8) is 0 Å². The number of nitrogens with one attached hydrogen (secondary N) is 1. The van der Waals surface area contributed by atoms with E-state index in [0.717, 1.165) is 5.39 Å². The summed E-state index contributed by atoms with van der Waals surface area (Å²) in [6.07, 6.45) is 1.62. The molecule has 0 saturated carbocycles. The molecule has 0 radical (unpaired) electrons. The van der Waals surface area contributed by atoms with E-state index in [-0.39, 0.29) is 11.7 Å². The fraction of sp³-hybridized carbons (Fsp3) is 0. The largest absolute Gasteiger partial charge is 0.493 e. The lowest BCUT2D eigenvalue weighted by atomic mass is 10.2. The predicted molar refractivity (Wildman–Crippen MR) is 70.9 cm³/mol. The summed E-state index contributed by atoms with van der Waals surface area (Å²) in [5.41, 5.74) is 0.934. The molecule has 2 aromatic heterocycles. The van der Waals surface area contributed by atoms with Gasteiger partial charge in [-0.1, -0.05) is 12.1 Å². The Balaban J connectivity index is 2.00. The first-order valence-corrected chi connectivity index (χ1v) is 5.70. The molecule has 2 N–H and O–H groups in total. The van der Waals surface area contributed by atoms with Gasteiger partial charge >= 0.3 is 0 Å². The number of benzene rings is 1. The van der Waals surface area contributed by atoms with Crippen molar-refractivity contribution in [3.8, 4) is 5.88 Å². The molecule has 3 aromatic rings. The lowest BCUT2D eigenvalue weighted by molar-refractivity contribution is 0.456. The normalized spacial score (nSPS) is 10.6. The summed E-state index contributed by atoms with van der Waals surface area (Å²) in [6.45, 7) is 0. The molecule has 0 aliphatic rings. The van der Waals surface area contributed by atoms with E-state index in [0.29, 0.717) is 17.0 Å². The van der Waals surface area contributed by atoms with Crippen LogP contribution in [0, 0.1) is 5.82 Å². The summed E-state index contributed by atoms with van der Waals surface area (Å²) < 4.78 is 13.5. The molecule has 2 heterocycles. The van der Waals surface area contributed by atoms with Crippen molar-refractivity contribution < 1.29 is 9.50 Å². The first-order valence-electron chi connectivity index (χ1n) is 5.70. The van der Waals surface area contributed by atoms with Gasteiger partial charge in [0.05, 0.1) is 11.2 Å². The Morgan fingerprint density at radius 1 is 1.11 bits per heavy atom. The SMILES string of the molecule is Oc1ccc2cnc(Nc3ccccc3F)cc2n1. The Labute approximate surface area is 108 Å². The number of rotatable bonds is 2. The lowest BCUT2D eigenvalue weighted by Gasteiger charge is -2.07. The van der Waals surface area contributed by atoms with Crippen molar-refractivity contribution >= 4 is 22.4 Å². The first-order chi connectivity index (χ1) is 9.22. The molecule has 19 heavy (non-hydrogen) atoms. The van der Waals surface area contributed by atoms with Gasteiger partial charge in [0, 0.05) is 23.7 Å². The summed E-state index contributed by atoms with van der Waals surface area (Å²) in [7, 11) is 0. The number of pyridine rings is 2. The molecule has 0 aliphatic carbocycles. The number of para-hydroxylation sites is 1. The van der Waals surface area contributed by atoms with Crippen LogP contribution in [0.5, 0.6) is 5.88 Å². The van der Waals surface area contributed by atoms with E-state index < -0.39 is 0 Å². The summed E-state index contributed by atoms with van der Waals surface area (Å²) in [5, 5.41) is 13.0. The number of halogens is 1. The van der Waals surface area contributed by atoms with E-state index in [9.17, 15) is 9.50 Å². The molecule has 1 aromatic carbocycles. The molecule has 0 amide bonds. The standard InChI is InChI=1S/C14H10FN3O/c15-10-3-1-2-4-11(10)17-13-7-12-9(8-16-13)5-6-14(19)18-12/h1-8H,(H,16,17)(H,18,19). The second-order valence-electron chi connectivity index (χ2n) is 4.04. The van der Waals surface area contributed by atoms with Gasteiger partial charge in [0.2, 0.25) is 5.88 Å². The Bertz CT molecular complexity index is 746. The fourth-order valence-electron chi connectivity index (χ4n) is 1.77. The zero-order chi connectivity index (χ0) is 13.2. The zero-order valence-corrected chi connectivity index (χ0v) is 9.84. The van der Waals surface area contributed by atoms with Crippen molar-refractivity contribution in [2.45, 2.75) is 0 Å². The van der Waals surface area contributed by atoms with Crippen LogP contribution in [0.4, 0.5) is 15.9 Å². The Hall–Kier alpha value is -2.69. The predicted octanol–water partition coefficient (Wildman–Crippen LogP) is 3.22. The van der Waals surface area contributed by atoms with Crippen LogP contribution >= 0.6 is 0 Å². The van der Waals surface area contributed by atoms with Crippen molar-refractivity contribution in [3.05, 3.63) is 54.5 Å². The van der Waals surface area contributed by atoms with Crippen LogP contribution in [-0.4, -0.2) is 15.1 Å². The van der Waals surface area contributed by atoms with Crippen LogP contribution in [0.25, 0.3) is 10.9 Å². The van der Waals surface area contributed by atoms with Gasteiger partial charge in [-0.2, -0.15) is 0 Å². The number of nitrogens with zero attached hydrogens (tertiary/aromatic N) is 2. The van der Waals surface area contributed by atoms with Gasteiger partial charge in [0.1, 0.15) is 11.6 Å². The van der Waals surface area contributed by atoms with Crippen molar-refractivity contribution in [2.75, 3.05) is 5.32 Å². The molecule has 0 fully saturated rings. The fourth-order valence-corrected chi connectivity index (χ4v) is 1.77. The van der Waals surface area contributed by atoms with Crippen molar-refractivity contribution in [1.29, 1.82) is 0 Å². The van der Waals surface area contributed by atoms with Crippen LogP contribution in [0.1, 0.15) is 0 Å². The Morgan fingerprint density at radius 3 is 2.79 bits per heavy atom. The molecule has 0 aliphatic heterocycles. The quantitative estimate of drug-likeness (QED) is 0.738. The second-order valence-corrected chi connectivity index (χ2v) is 4.04. The maximum absolute atomic E-state index is 13.5. The van der Waals surface area contributed by atoms with Crippen LogP contribution < -0.4 is 5.32 Å². The van der Waals surface area contributed by atoms with Gasteiger partial charge in [-0.3, -0.25) is 0 Å². The molecule has 5 heteroatoms. The maximum atomic E-state index is 13.5. The molecule has 0 saturated heterocycles. The smallest absolute Gasteiger partial charge is 0.211 e. The maximum Gasteiger partial charge on any atom is 0.211 e. The summed E-state index contributed by atoms with van der Waals surface area (Å²) >= 11 is 0. The van der Waals surface area contributed by atoms with E-state index in [4.69, 9.17) is 0 Å². The van der Waals surface area contributed by atoms with Crippen molar-refractivity contribution in [2.24, 2.45) is 0 Å². The summed E-state index contributed by atoms with van der Waals surface area (Å²) in [5.74, 6) is 0.0551. The van der Waals surface area contributed by atoms with Gasteiger partial charge in [-0.25, -0.2) is 14.4 Å². The molecular formula is C14H10FN3O. The Kier molecular flexibility index (Phi) is 2.72. The number of aromatic nitrogens is 2. The minimum Gasteiger partial charge on any atom is -0.493 e. The molecule has 3 rings (SSSR count). The highest BCUT2D eigenvalue weighted by molar-refractivity contribution is 5.81. The van der Waals surface area contributed by atoms with E-state index in [1.54, 1.807) is 36.5 Å². The minimum absolute atomic E-state index is 0.0597. The molecule has 0 bridgehead atoms. The van der Waals surface area contributed by atoms with E-state index in [2.05, 4.69) is 15.3 Å². The second kappa shape index (κ2) is 4.53. The van der Waals surface area contributed by atoms with E-state index in [1.807, 2.05) is 0 Å². The third kappa shape index (κ3) is 2.30. The third-order valence-corrected chi connectivity index (χ3v) is 2.70. The summed E-state index contributed by atoms with van der Waals surface area (Å²) in [6, 6.07) is 11.2. The topological polar surface area (TPSA) is 58.0 Å². The average molecular weight is 255 g/mol. The third-order valence-electron chi connectivity index (χ3n) is 2.70. The number of hydrogen-bond donors (Lipinski definition) is 2. The van der Waals surface area contributed by atoms with Crippen LogP contribution in [-0.2, 0) is 0 Å². The van der Waals surface area contributed by atoms with Gasteiger partial charge in [-0.15, -0.1) is 0 Å². The number of aromatic hydroxyl groups is 1. The van der Waals surface area contributed by atoms with Crippen LogP contribution in [0.3, 0.4) is 0 Å². The summed E-state index contributed by atoms with van der Waals surface area (Å²) in [4.78, 5) is 8.16. The number of anilines is 2. The molecule has 4 nitrogen and oxygen atoms in total. The molecular weight excluding hydrogens is 245 g/mol. The number of hydrogen-bond acceptors (Lipinski definition) is 4.